The van der Waals surface area contributed by atoms with Gasteiger partial charge < -0.3 is 28.2 Å². The van der Waals surface area contributed by atoms with Crippen molar-refractivity contribution in [1.82, 2.24) is 23.7 Å². The molecule has 5 aromatic heterocycles. The summed E-state index contributed by atoms with van der Waals surface area (Å²) >= 11 is 0. The van der Waals surface area contributed by atoms with Gasteiger partial charge in [0.2, 0.25) is 0 Å². The van der Waals surface area contributed by atoms with Gasteiger partial charge in [-0.1, -0.05) is 105 Å². The molecule has 0 spiro atoms. The SMILES string of the molecule is [2H]C([2H])([2H])n1c2ccccc2c2c(-c3ccccc3)c3c4ccccc4n(C([2H])([2H])[2H])c3c(N3[CH-]N(c4[c-]c(Oc5[c-]c6c(cc5)c5ccncc5n6-c5cc(C(C)(C)C)ccn5)ccc4)c4ccccc43)c21.[Pt]. The first-order chi connectivity index (χ1) is 35.1. The first-order valence-electron chi connectivity index (χ1n) is 25.2. The Balaban J connectivity index is 0.00000556. The normalized spacial score (nSPS) is 14.5. The standard InChI is InChI=1S/C59H44N7O.Pt/c1-59(2,3)38-28-31-61-52(32-38)66-50-34-41(26-27-42(50)43-29-30-60-35-51(43)66)67-40-19-15-18-39(33-40)64-36-65(49-25-14-13-24-48(49)64)58-56-54(44-20-9-11-22-46(44)62(56)4)53(37-16-7-6-8-17-37)55-45-21-10-12-23-47(45)63(5)57(55)58;/h6-32,35-36H,1-5H3;/q-3;/i4D3,5D3;. The van der Waals surface area contributed by atoms with Crippen molar-refractivity contribution in [2.45, 2.75) is 26.2 Å². The van der Waals surface area contributed by atoms with E-state index in [-0.39, 0.29) is 26.5 Å². The second-order valence-electron chi connectivity index (χ2n) is 18.1. The minimum atomic E-state index is -2.69. The van der Waals surface area contributed by atoms with Crippen LogP contribution < -0.4 is 14.5 Å². The van der Waals surface area contributed by atoms with Crippen LogP contribution in [0.15, 0.2) is 170 Å². The third-order valence-electron chi connectivity index (χ3n) is 13.2. The van der Waals surface area contributed by atoms with Crippen molar-refractivity contribution in [1.29, 1.82) is 0 Å². The molecular formula is C59H44N7OPt-3. The first-order valence-corrected chi connectivity index (χ1v) is 22.2. The van der Waals surface area contributed by atoms with Crippen molar-refractivity contribution in [3.8, 4) is 28.4 Å². The van der Waals surface area contributed by atoms with Gasteiger partial charge in [0.25, 0.3) is 0 Å². The largest absolute Gasteiger partial charge is 0.509 e. The van der Waals surface area contributed by atoms with E-state index in [2.05, 4.69) is 48.5 Å². The summed E-state index contributed by atoms with van der Waals surface area (Å²) in [6.45, 7) is 3.05. The molecule has 0 unspecified atom stereocenters. The van der Waals surface area contributed by atoms with E-state index in [1.807, 2.05) is 174 Å². The zero-order valence-corrected chi connectivity index (χ0v) is 39.4. The van der Waals surface area contributed by atoms with Gasteiger partial charge in [0.1, 0.15) is 5.82 Å². The number of aromatic nitrogens is 5. The third-order valence-corrected chi connectivity index (χ3v) is 13.2. The van der Waals surface area contributed by atoms with Gasteiger partial charge in [0.05, 0.1) is 28.4 Å². The van der Waals surface area contributed by atoms with Crippen molar-refractivity contribution in [3.63, 3.8) is 0 Å². The fourth-order valence-corrected chi connectivity index (χ4v) is 10.1. The number of ether oxygens (including phenoxy) is 1. The van der Waals surface area contributed by atoms with Crippen LogP contribution in [0, 0.1) is 18.8 Å². The summed E-state index contributed by atoms with van der Waals surface area (Å²) < 4.78 is 66.7. The van der Waals surface area contributed by atoms with Gasteiger partial charge >= 0.3 is 0 Å². The van der Waals surface area contributed by atoms with Crippen molar-refractivity contribution >= 4 is 88.2 Å². The molecular weight excluding hydrogens is 1020 g/mol. The molecule has 0 N–H and O–H groups in total. The molecule has 9 heteroatoms. The maximum absolute atomic E-state index is 9.19. The van der Waals surface area contributed by atoms with Crippen LogP contribution >= 0.6 is 0 Å². The average Bonchev–Trinajstić information content (AvgIpc) is 4.13. The fraction of sp³-hybridized carbons (Fsp3) is 0.102. The maximum Gasteiger partial charge on any atom is 0.135 e. The smallest absolute Gasteiger partial charge is 0.135 e. The second kappa shape index (κ2) is 15.7. The van der Waals surface area contributed by atoms with E-state index in [1.165, 1.54) is 9.13 Å². The van der Waals surface area contributed by atoms with Crippen molar-refractivity contribution in [2.75, 3.05) is 9.80 Å². The maximum atomic E-state index is 9.19. The van der Waals surface area contributed by atoms with E-state index in [9.17, 15) is 8.22 Å². The molecule has 1 aliphatic heterocycles. The van der Waals surface area contributed by atoms with Gasteiger partial charge in [-0.05, 0) is 64.4 Å². The zero-order valence-electron chi connectivity index (χ0n) is 43.1. The van der Waals surface area contributed by atoms with Gasteiger partial charge in [-0.3, -0.25) is 4.98 Å². The number of fused-ring (bicyclic) bond motifs is 10. The number of rotatable bonds is 6. The molecule has 0 bridgehead atoms. The van der Waals surface area contributed by atoms with Crippen LogP contribution in [0.3, 0.4) is 0 Å². The van der Waals surface area contributed by atoms with Gasteiger partial charge in [-0.2, -0.15) is 12.1 Å². The minimum absolute atomic E-state index is 0. The Morgan fingerprint density at radius 2 is 1.26 bits per heavy atom. The summed E-state index contributed by atoms with van der Waals surface area (Å²) in [6.07, 6.45) is 5.47. The Hall–Kier alpha value is -7.67. The van der Waals surface area contributed by atoms with Gasteiger partial charge in [0.15, 0.2) is 0 Å². The van der Waals surface area contributed by atoms with E-state index < -0.39 is 14.0 Å². The summed E-state index contributed by atoms with van der Waals surface area (Å²) in [5.74, 6) is 1.64. The molecule has 0 aliphatic carbocycles. The van der Waals surface area contributed by atoms with Crippen molar-refractivity contribution in [3.05, 3.63) is 195 Å². The Labute approximate surface area is 417 Å². The summed E-state index contributed by atoms with van der Waals surface area (Å²) in [5.41, 5.74) is 8.52. The van der Waals surface area contributed by atoms with E-state index >= 15 is 0 Å². The number of pyridine rings is 2. The van der Waals surface area contributed by atoms with Crippen LogP contribution in [0.5, 0.6) is 11.5 Å². The number of anilines is 4. The van der Waals surface area contributed by atoms with Crippen LogP contribution in [0.4, 0.5) is 22.7 Å². The summed E-state index contributed by atoms with van der Waals surface area (Å²) in [7, 11) is 0. The number of nitrogens with zero attached hydrogens (tertiary/aromatic N) is 7. The summed E-state index contributed by atoms with van der Waals surface area (Å²) in [4.78, 5) is 13.2. The topological polar surface area (TPSA) is 56.3 Å². The minimum Gasteiger partial charge on any atom is -0.509 e. The Kier molecular flexibility index (Phi) is 8.21. The van der Waals surface area contributed by atoms with E-state index in [1.54, 1.807) is 6.20 Å². The molecule has 0 fully saturated rings. The van der Waals surface area contributed by atoms with Crippen LogP contribution in [-0.4, -0.2) is 23.7 Å². The molecule has 0 amide bonds. The molecule has 12 aromatic rings. The molecule has 0 radical (unpaired) electrons. The Bertz CT molecular complexity index is 4100. The molecule has 68 heavy (non-hydrogen) atoms. The van der Waals surface area contributed by atoms with Crippen LogP contribution in [-0.2, 0) is 40.4 Å². The monoisotopic (exact) mass is 1070 g/mol. The molecule has 0 atom stereocenters. The zero-order chi connectivity index (χ0) is 50.1. The molecule has 0 saturated carbocycles. The molecule has 6 heterocycles. The van der Waals surface area contributed by atoms with Gasteiger partial charge in [-0.15, -0.1) is 48.1 Å². The molecule has 8 nitrogen and oxygen atoms in total. The number of hydrogen-bond acceptors (Lipinski definition) is 5. The molecule has 334 valence electrons. The van der Waals surface area contributed by atoms with Gasteiger partial charge in [-0.25, -0.2) is 4.98 Å². The van der Waals surface area contributed by atoms with Crippen LogP contribution in [0.2, 0.25) is 0 Å². The summed E-state index contributed by atoms with van der Waals surface area (Å²) in [6, 6.07) is 55.5. The fourth-order valence-electron chi connectivity index (χ4n) is 10.1. The van der Waals surface area contributed by atoms with Crippen molar-refractivity contribution < 1.29 is 34.0 Å². The number of hydrogen-bond donors (Lipinski definition) is 0. The molecule has 13 rings (SSSR count). The van der Waals surface area contributed by atoms with Gasteiger partial charge in [0, 0.05) is 117 Å². The van der Waals surface area contributed by atoms with E-state index in [4.69, 9.17) is 9.72 Å². The third kappa shape index (κ3) is 6.24. The molecule has 7 aromatic carbocycles. The van der Waals surface area contributed by atoms with E-state index in [0.717, 1.165) is 60.8 Å². The number of benzene rings is 7. The number of aryl methyl sites for hydroxylation is 2. The Morgan fingerprint density at radius 1 is 0.603 bits per heavy atom. The number of para-hydroxylation sites is 4. The van der Waals surface area contributed by atoms with Crippen molar-refractivity contribution in [2.24, 2.45) is 14.0 Å². The second-order valence-corrected chi connectivity index (χ2v) is 18.1. The van der Waals surface area contributed by atoms with Crippen LogP contribution in [0.25, 0.3) is 82.4 Å². The average molecular weight is 1070 g/mol. The van der Waals surface area contributed by atoms with Crippen LogP contribution in [0.1, 0.15) is 34.6 Å². The summed E-state index contributed by atoms with van der Waals surface area (Å²) in [5, 5.41) is 4.84. The Morgan fingerprint density at radius 3 is 1.97 bits per heavy atom. The molecule has 1 aliphatic rings. The molecule has 0 saturated heterocycles. The van der Waals surface area contributed by atoms with E-state index in [0.29, 0.717) is 61.4 Å². The quantitative estimate of drug-likeness (QED) is 0.155. The first kappa shape index (κ1) is 35.5. The predicted molar refractivity (Wildman–Crippen MR) is 274 cm³/mol. The predicted octanol–water partition coefficient (Wildman–Crippen LogP) is 14.6.